The lowest BCUT2D eigenvalue weighted by molar-refractivity contribution is -0.137. The second-order valence-electron chi connectivity index (χ2n) is 6.99. The zero-order valence-electron chi connectivity index (χ0n) is 16.6. The topological polar surface area (TPSA) is 40.6 Å². The van der Waals surface area contributed by atoms with Gasteiger partial charge in [0.05, 0.1) is 12.1 Å². The molecule has 150 valence electrons. The van der Waals surface area contributed by atoms with Gasteiger partial charge in [0.15, 0.2) is 0 Å². The van der Waals surface area contributed by atoms with Crippen LogP contribution < -0.4 is 4.90 Å². The molecule has 0 aromatic heterocycles. The first-order valence-electron chi connectivity index (χ1n) is 9.83. The number of hydrogen-bond acceptors (Lipinski definition) is 3. The fourth-order valence-corrected chi connectivity index (χ4v) is 3.80. The van der Waals surface area contributed by atoms with Crippen molar-refractivity contribution in [3.05, 3.63) is 107 Å². The van der Waals surface area contributed by atoms with Crippen LogP contribution in [-0.4, -0.2) is 23.3 Å². The maximum Gasteiger partial charge on any atom is 0.278 e. The number of rotatable bonds is 6. The first-order chi connectivity index (χ1) is 14.6. The quantitative estimate of drug-likeness (QED) is 0.522. The smallest absolute Gasteiger partial charge is 0.278 e. The highest BCUT2D eigenvalue weighted by Gasteiger charge is 2.41. The van der Waals surface area contributed by atoms with Crippen molar-refractivity contribution in [1.29, 1.82) is 0 Å². The molecule has 0 fully saturated rings. The van der Waals surface area contributed by atoms with Crippen LogP contribution in [0.2, 0.25) is 5.02 Å². The Balaban J connectivity index is 1.80. The van der Waals surface area contributed by atoms with Gasteiger partial charge in [-0.05, 0) is 42.3 Å². The highest BCUT2D eigenvalue weighted by molar-refractivity contribution is 6.36. The second-order valence-corrected chi connectivity index (χ2v) is 7.43. The van der Waals surface area contributed by atoms with E-state index in [0.29, 0.717) is 22.8 Å². The summed E-state index contributed by atoms with van der Waals surface area (Å²) in [5.74, 6) is -0.579. The molecule has 30 heavy (non-hydrogen) atoms. The molecule has 3 aromatic rings. The van der Waals surface area contributed by atoms with E-state index in [1.807, 2.05) is 84.6 Å². The lowest BCUT2D eigenvalue weighted by atomic mass is 10.0. The number of benzene rings is 3. The van der Waals surface area contributed by atoms with Crippen LogP contribution in [0.1, 0.15) is 18.1 Å². The summed E-state index contributed by atoms with van der Waals surface area (Å²) in [6.45, 7) is 2.73. The number of amides is 2. The normalized spacial score (nSPS) is 13.9. The monoisotopic (exact) mass is 416 g/mol. The van der Waals surface area contributed by atoms with E-state index in [2.05, 4.69) is 0 Å². The molecule has 1 heterocycles. The molecular formula is C25H21ClN2O2. The summed E-state index contributed by atoms with van der Waals surface area (Å²) in [6.07, 6.45) is 0. The Labute approximate surface area is 181 Å². The number of carbonyl (C=O) groups excluding carboxylic acids is 2. The van der Waals surface area contributed by atoms with Gasteiger partial charge in [0.1, 0.15) is 5.70 Å². The van der Waals surface area contributed by atoms with Gasteiger partial charge < -0.3 is 4.90 Å². The highest BCUT2D eigenvalue weighted by atomic mass is 35.5. The molecule has 0 unspecified atom stereocenters. The van der Waals surface area contributed by atoms with E-state index in [4.69, 9.17) is 11.6 Å². The molecule has 5 heteroatoms. The Bertz CT molecular complexity index is 1090. The lowest BCUT2D eigenvalue weighted by Gasteiger charge is -2.25. The second kappa shape index (κ2) is 8.56. The molecular weight excluding hydrogens is 396 g/mol. The molecule has 0 radical (unpaired) electrons. The molecule has 0 spiro atoms. The van der Waals surface area contributed by atoms with Crippen LogP contribution in [0.5, 0.6) is 0 Å². The SMILES string of the molecule is CCN(C1=C(c2ccccc2)C(=O)N(Cc2ccc(Cl)cc2)C1=O)c1ccccc1. The van der Waals surface area contributed by atoms with E-state index in [1.54, 1.807) is 12.1 Å². The van der Waals surface area contributed by atoms with Crippen molar-refractivity contribution in [1.82, 2.24) is 4.90 Å². The number of halogens is 1. The number of imide groups is 1. The maximum atomic E-state index is 13.5. The third kappa shape index (κ3) is 3.74. The summed E-state index contributed by atoms with van der Waals surface area (Å²) in [6, 6.07) is 26.2. The fourth-order valence-electron chi connectivity index (χ4n) is 3.67. The number of nitrogens with zero attached hydrogens (tertiary/aromatic N) is 2. The molecule has 1 aliphatic heterocycles. The van der Waals surface area contributed by atoms with Gasteiger partial charge >= 0.3 is 0 Å². The summed E-state index contributed by atoms with van der Waals surface area (Å²) in [5, 5.41) is 0.614. The van der Waals surface area contributed by atoms with Crippen LogP contribution in [0.15, 0.2) is 90.6 Å². The standard InChI is InChI=1S/C25H21ClN2O2/c1-2-27(21-11-7-4-8-12-21)23-22(19-9-5-3-6-10-19)24(29)28(25(23)30)17-18-13-15-20(26)16-14-18/h3-16H,2,17H2,1H3. The Kier molecular flexibility index (Phi) is 5.68. The lowest BCUT2D eigenvalue weighted by Crippen LogP contribution is -2.34. The first-order valence-corrected chi connectivity index (χ1v) is 10.2. The molecule has 0 atom stereocenters. The van der Waals surface area contributed by atoms with Crippen molar-refractivity contribution in [2.24, 2.45) is 0 Å². The van der Waals surface area contributed by atoms with Crippen molar-refractivity contribution < 1.29 is 9.59 Å². The Morgan fingerprint density at radius 1 is 0.800 bits per heavy atom. The van der Waals surface area contributed by atoms with Crippen molar-refractivity contribution in [2.75, 3.05) is 11.4 Å². The Hall–Kier alpha value is -3.37. The highest BCUT2D eigenvalue weighted by Crippen LogP contribution is 2.34. The minimum absolute atomic E-state index is 0.195. The molecule has 0 saturated heterocycles. The average molecular weight is 417 g/mol. The van der Waals surface area contributed by atoms with Crippen molar-refractivity contribution in [3.8, 4) is 0 Å². The summed E-state index contributed by atoms with van der Waals surface area (Å²) in [5.41, 5.74) is 3.29. The number of hydrogen-bond donors (Lipinski definition) is 0. The summed E-state index contributed by atoms with van der Waals surface area (Å²) >= 11 is 5.98. The van der Waals surface area contributed by atoms with E-state index < -0.39 is 0 Å². The van der Waals surface area contributed by atoms with Gasteiger partial charge in [0.2, 0.25) is 0 Å². The molecule has 0 bridgehead atoms. The van der Waals surface area contributed by atoms with Crippen LogP contribution in [0.3, 0.4) is 0 Å². The molecule has 0 aliphatic carbocycles. The predicted molar refractivity (Wildman–Crippen MR) is 120 cm³/mol. The number of carbonyl (C=O) groups is 2. The fraction of sp³-hybridized carbons (Fsp3) is 0.120. The largest absolute Gasteiger partial charge is 0.337 e. The summed E-state index contributed by atoms with van der Waals surface area (Å²) in [7, 11) is 0. The van der Waals surface area contributed by atoms with E-state index in [9.17, 15) is 9.59 Å². The predicted octanol–water partition coefficient (Wildman–Crippen LogP) is 5.15. The summed E-state index contributed by atoms with van der Waals surface area (Å²) < 4.78 is 0. The summed E-state index contributed by atoms with van der Waals surface area (Å²) in [4.78, 5) is 30.2. The van der Waals surface area contributed by atoms with Gasteiger partial charge in [-0.2, -0.15) is 0 Å². The first kappa shape index (κ1) is 19.9. The Morgan fingerprint density at radius 3 is 2.00 bits per heavy atom. The Morgan fingerprint density at radius 2 is 1.40 bits per heavy atom. The zero-order valence-corrected chi connectivity index (χ0v) is 17.3. The third-order valence-corrected chi connectivity index (χ3v) is 5.37. The third-order valence-electron chi connectivity index (χ3n) is 5.11. The molecule has 0 saturated carbocycles. The van der Waals surface area contributed by atoms with E-state index in [-0.39, 0.29) is 18.4 Å². The van der Waals surface area contributed by atoms with Crippen LogP contribution >= 0.6 is 11.6 Å². The van der Waals surface area contributed by atoms with Crippen molar-refractivity contribution in [3.63, 3.8) is 0 Å². The zero-order chi connectivity index (χ0) is 21.1. The minimum Gasteiger partial charge on any atom is -0.337 e. The average Bonchev–Trinajstić information content (AvgIpc) is 3.02. The van der Waals surface area contributed by atoms with Gasteiger partial charge in [0, 0.05) is 17.3 Å². The minimum atomic E-state index is -0.292. The van der Waals surface area contributed by atoms with Crippen molar-refractivity contribution >= 4 is 34.7 Å². The van der Waals surface area contributed by atoms with Gasteiger partial charge in [-0.25, -0.2) is 0 Å². The van der Waals surface area contributed by atoms with Crippen LogP contribution in [0.25, 0.3) is 5.57 Å². The molecule has 0 N–H and O–H groups in total. The van der Waals surface area contributed by atoms with E-state index >= 15 is 0 Å². The van der Waals surface area contributed by atoms with Gasteiger partial charge in [0.25, 0.3) is 11.8 Å². The van der Waals surface area contributed by atoms with E-state index in [1.165, 1.54) is 4.90 Å². The molecule has 4 rings (SSSR count). The molecule has 3 aromatic carbocycles. The number of likely N-dealkylation sites (N-methyl/N-ethyl adjacent to an activating group) is 1. The molecule has 1 aliphatic rings. The van der Waals surface area contributed by atoms with Gasteiger partial charge in [-0.15, -0.1) is 0 Å². The molecule has 2 amide bonds. The van der Waals surface area contributed by atoms with Crippen molar-refractivity contribution in [2.45, 2.75) is 13.5 Å². The van der Waals surface area contributed by atoms with Crippen LogP contribution in [-0.2, 0) is 16.1 Å². The van der Waals surface area contributed by atoms with Gasteiger partial charge in [-0.1, -0.05) is 72.3 Å². The maximum absolute atomic E-state index is 13.5. The van der Waals surface area contributed by atoms with E-state index in [0.717, 1.165) is 16.8 Å². The number of anilines is 1. The van der Waals surface area contributed by atoms with Crippen LogP contribution in [0.4, 0.5) is 5.69 Å². The molecule has 4 nitrogen and oxygen atoms in total. The number of para-hydroxylation sites is 1. The van der Waals surface area contributed by atoms with Gasteiger partial charge in [-0.3, -0.25) is 14.5 Å². The van der Waals surface area contributed by atoms with Crippen LogP contribution in [0, 0.1) is 0 Å².